The molecule has 0 spiro atoms. The van der Waals surface area contributed by atoms with Gasteiger partial charge in [-0.3, -0.25) is 19.5 Å². The van der Waals surface area contributed by atoms with Crippen molar-refractivity contribution in [2.24, 2.45) is 0 Å². The highest BCUT2D eigenvalue weighted by Crippen LogP contribution is 2.21. The van der Waals surface area contributed by atoms with Crippen LogP contribution in [0.1, 0.15) is 17.7 Å². The van der Waals surface area contributed by atoms with Gasteiger partial charge < -0.3 is 15.4 Å². The van der Waals surface area contributed by atoms with E-state index in [0.29, 0.717) is 32.6 Å². The first-order valence-corrected chi connectivity index (χ1v) is 9.47. The quantitative estimate of drug-likeness (QED) is 0.715. The zero-order valence-corrected chi connectivity index (χ0v) is 16.1. The number of pyridine rings is 1. The molecule has 7 heteroatoms. The van der Waals surface area contributed by atoms with Crippen molar-refractivity contribution in [3.63, 3.8) is 0 Å². The van der Waals surface area contributed by atoms with E-state index in [1.165, 1.54) is 0 Å². The Balaban J connectivity index is 1.57. The Labute approximate surface area is 165 Å². The predicted octanol–water partition coefficient (Wildman–Crippen LogP) is 1.14. The van der Waals surface area contributed by atoms with Gasteiger partial charge in [-0.2, -0.15) is 0 Å². The molecule has 0 bridgehead atoms. The average Bonchev–Trinajstić information content (AvgIpc) is 2.72. The van der Waals surface area contributed by atoms with E-state index in [2.05, 4.69) is 15.6 Å². The summed E-state index contributed by atoms with van der Waals surface area (Å²) in [6, 6.07) is 13.0. The van der Waals surface area contributed by atoms with Crippen molar-refractivity contribution in [1.82, 2.24) is 20.5 Å². The third-order valence-corrected chi connectivity index (χ3v) is 4.82. The molecule has 1 aliphatic rings. The number of carbonyl (C=O) groups excluding carboxylic acids is 2. The van der Waals surface area contributed by atoms with E-state index >= 15 is 0 Å². The lowest BCUT2D eigenvalue weighted by Crippen LogP contribution is -2.56. The monoisotopic (exact) mass is 382 g/mol. The van der Waals surface area contributed by atoms with Crippen LogP contribution in [-0.2, 0) is 22.6 Å². The Kier molecular flexibility index (Phi) is 6.97. The molecule has 1 fully saturated rings. The molecule has 1 unspecified atom stereocenters. The number of methoxy groups -OCH3 is 1. The molecular weight excluding hydrogens is 356 g/mol. The third-order valence-electron chi connectivity index (χ3n) is 4.82. The summed E-state index contributed by atoms with van der Waals surface area (Å²) in [4.78, 5) is 31.1. The molecule has 0 aliphatic carbocycles. The lowest BCUT2D eigenvalue weighted by molar-refractivity contribution is -0.134. The van der Waals surface area contributed by atoms with E-state index in [1.54, 1.807) is 13.3 Å². The summed E-state index contributed by atoms with van der Waals surface area (Å²) < 4.78 is 5.41. The fraction of sp³-hybridized carbons (Fsp3) is 0.381. The molecule has 1 aromatic carbocycles. The average molecular weight is 382 g/mol. The predicted molar refractivity (Wildman–Crippen MR) is 106 cm³/mol. The van der Waals surface area contributed by atoms with Crippen LogP contribution in [0.3, 0.4) is 0 Å². The topological polar surface area (TPSA) is 83.6 Å². The molecule has 28 heavy (non-hydrogen) atoms. The van der Waals surface area contributed by atoms with Crippen LogP contribution in [0.15, 0.2) is 48.7 Å². The molecule has 2 aromatic rings. The lowest BCUT2D eigenvalue weighted by Gasteiger charge is -2.35. The second kappa shape index (κ2) is 9.85. The van der Waals surface area contributed by atoms with Crippen molar-refractivity contribution < 1.29 is 14.3 Å². The van der Waals surface area contributed by atoms with Crippen LogP contribution in [0.2, 0.25) is 0 Å². The van der Waals surface area contributed by atoms with Crippen LogP contribution in [0.4, 0.5) is 0 Å². The largest absolute Gasteiger partial charge is 0.496 e. The minimum atomic E-state index is -0.492. The van der Waals surface area contributed by atoms with Gasteiger partial charge in [0.1, 0.15) is 5.75 Å². The van der Waals surface area contributed by atoms with Crippen LogP contribution in [0, 0.1) is 0 Å². The van der Waals surface area contributed by atoms with Crippen LogP contribution >= 0.6 is 0 Å². The molecule has 2 amide bonds. The van der Waals surface area contributed by atoms with Crippen molar-refractivity contribution in [1.29, 1.82) is 0 Å². The maximum absolute atomic E-state index is 12.4. The van der Waals surface area contributed by atoms with E-state index in [1.807, 2.05) is 47.4 Å². The zero-order chi connectivity index (χ0) is 19.8. The minimum absolute atomic E-state index is 0.110. The number of benzene rings is 1. The number of aromatic nitrogens is 1. The molecular formula is C21H26N4O3. The van der Waals surface area contributed by atoms with Crippen LogP contribution in [0.5, 0.6) is 5.75 Å². The van der Waals surface area contributed by atoms with Gasteiger partial charge in [0.05, 0.1) is 19.6 Å². The molecule has 2 N–H and O–H groups in total. The Morgan fingerprint density at radius 2 is 2.11 bits per heavy atom. The summed E-state index contributed by atoms with van der Waals surface area (Å²) in [6.45, 7) is 2.32. The second-order valence-electron chi connectivity index (χ2n) is 6.71. The summed E-state index contributed by atoms with van der Waals surface area (Å²) in [7, 11) is 1.63. The number of piperazine rings is 1. The lowest BCUT2D eigenvalue weighted by atomic mass is 10.1. The third kappa shape index (κ3) is 5.29. The molecule has 1 aliphatic heterocycles. The molecule has 7 nitrogen and oxygen atoms in total. The standard InChI is InChI=1S/C21H26N4O3/c1-28-19-8-3-2-6-16(19)15-25-13-12-24-21(27)18(25)14-20(26)23-11-9-17-7-4-5-10-22-17/h2-8,10,18H,9,11-15H2,1H3,(H,23,26)(H,24,27). The summed E-state index contributed by atoms with van der Waals surface area (Å²) in [5.41, 5.74) is 1.93. The Hall–Kier alpha value is -2.93. The summed E-state index contributed by atoms with van der Waals surface area (Å²) >= 11 is 0. The Morgan fingerprint density at radius 1 is 1.29 bits per heavy atom. The van der Waals surface area contributed by atoms with Crippen molar-refractivity contribution in [2.45, 2.75) is 25.4 Å². The summed E-state index contributed by atoms with van der Waals surface area (Å²) in [5, 5.41) is 5.76. The van der Waals surface area contributed by atoms with Gasteiger partial charge in [0.15, 0.2) is 0 Å². The van der Waals surface area contributed by atoms with Gasteiger partial charge in [0, 0.05) is 50.1 Å². The summed E-state index contributed by atoms with van der Waals surface area (Å²) in [5.74, 6) is 0.538. The zero-order valence-electron chi connectivity index (χ0n) is 16.1. The highest BCUT2D eigenvalue weighted by molar-refractivity contribution is 5.88. The van der Waals surface area contributed by atoms with Crippen LogP contribution in [-0.4, -0.2) is 54.5 Å². The minimum Gasteiger partial charge on any atom is -0.496 e. The number of rotatable bonds is 8. The van der Waals surface area contributed by atoms with Crippen LogP contribution < -0.4 is 15.4 Å². The molecule has 1 aromatic heterocycles. The molecule has 1 saturated heterocycles. The first-order valence-electron chi connectivity index (χ1n) is 9.47. The number of para-hydroxylation sites is 1. The van der Waals surface area contributed by atoms with Crippen molar-refractivity contribution >= 4 is 11.8 Å². The van der Waals surface area contributed by atoms with E-state index in [9.17, 15) is 9.59 Å². The molecule has 0 saturated carbocycles. The number of nitrogens with zero attached hydrogens (tertiary/aromatic N) is 2. The van der Waals surface area contributed by atoms with Gasteiger partial charge in [-0.25, -0.2) is 0 Å². The maximum Gasteiger partial charge on any atom is 0.237 e. The van der Waals surface area contributed by atoms with Gasteiger partial charge in [0.25, 0.3) is 0 Å². The van der Waals surface area contributed by atoms with Gasteiger partial charge in [0.2, 0.25) is 11.8 Å². The molecule has 0 radical (unpaired) electrons. The highest BCUT2D eigenvalue weighted by Gasteiger charge is 2.31. The maximum atomic E-state index is 12.4. The number of carbonyl (C=O) groups is 2. The van der Waals surface area contributed by atoms with Crippen molar-refractivity contribution in [2.75, 3.05) is 26.7 Å². The van der Waals surface area contributed by atoms with Crippen molar-refractivity contribution in [3.05, 3.63) is 59.9 Å². The smallest absolute Gasteiger partial charge is 0.237 e. The van der Waals surface area contributed by atoms with Gasteiger partial charge >= 0.3 is 0 Å². The van der Waals surface area contributed by atoms with Gasteiger partial charge in [-0.05, 0) is 18.2 Å². The van der Waals surface area contributed by atoms with Crippen molar-refractivity contribution in [3.8, 4) is 5.75 Å². The summed E-state index contributed by atoms with van der Waals surface area (Å²) in [6.07, 6.45) is 2.52. The van der Waals surface area contributed by atoms with E-state index in [-0.39, 0.29) is 18.2 Å². The highest BCUT2D eigenvalue weighted by atomic mass is 16.5. The number of amides is 2. The Bertz CT molecular complexity index is 797. The van der Waals surface area contributed by atoms with Gasteiger partial charge in [-0.1, -0.05) is 24.3 Å². The number of ether oxygens (including phenoxy) is 1. The van der Waals surface area contributed by atoms with E-state index in [0.717, 1.165) is 17.0 Å². The first-order chi connectivity index (χ1) is 13.7. The fourth-order valence-corrected chi connectivity index (χ4v) is 3.35. The number of nitrogens with one attached hydrogen (secondary N) is 2. The number of hydrogen-bond acceptors (Lipinski definition) is 5. The first kappa shape index (κ1) is 19.8. The molecule has 148 valence electrons. The SMILES string of the molecule is COc1ccccc1CN1CCNC(=O)C1CC(=O)NCCc1ccccn1. The van der Waals surface area contributed by atoms with Crippen LogP contribution in [0.25, 0.3) is 0 Å². The molecule has 1 atom stereocenters. The second-order valence-corrected chi connectivity index (χ2v) is 6.71. The van der Waals surface area contributed by atoms with Gasteiger partial charge in [-0.15, -0.1) is 0 Å². The fourth-order valence-electron chi connectivity index (χ4n) is 3.35. The molecule has 3 rings (SSSR count). The van der Waals surface area contributed by atoms with E-state index in [4.69, 9.17) is 4.74 Å². The number of hydrogen-bond donors (Lipinski definition) is 2. The van der Waals surface area contributed by atoms with E-state index < -0.39 is 6.04 Å². The normalized spacial score (nSPS) is 17.0. The molecule has 2 heterocycles. The Morgan fingerprint density at radius 3 is 2.89 bits per heavy atom.